The number of benzene rings is 1. The second-order valence-corrected chi connectivity index (χ2v) is 5.11. The second kappa shape index (κ2) is 8.79. The van der Waals surface area contributed by atoms with Gasteiger partial charge in [-0.05, 0) is 45.0 Å². The summed E-state index contributed by atoms with van der Waals surface area (Å²) in [6.45, 7) is 6.71. The molecule has 0 aliphatic heterocycles. The lowest BCUT2D eigenvalue weighted by molar-refractivity contribution is -0.125. The summed E-state index contributed by atoms with van der Waals surface area (Å²) in [4.78, 5) is 11.6. The van der Waals surface area contributed by atoms with E-state index in [-0.39, 0.29) is 30.5 Å². The van der Waals surface area contributed by atoms with Gasteiger partial charge in [0.1, 0.15) is 19.0 Å². The van der Waals surface area contributed by atoms with E-state index in [0.717, 1.165) is 5.75 Å². The van der Waals surface area contributed by atoms with Crippen molar-refractivity contribution in [1.29, 1.82) is 0 Å². The summed E-state index contributed by atoms with van der Waals surface area (Å²) in [7, 11) is 0. The first-order valence-corrected chi connectivity index (χ1v) is 6.27. The van der Waals surface area contributed by atoms with Crippen LogP contribution in [-0.4, -0.2) is 31.3 Å². The fourth-order valence-corrected chi connectivity index (χ4v) is 1.29. The van der Waals surface area contributed by atoms with Gasteiger partial charge in [0, 0.05) is 12.2 Å². The third-order valence-corrected chi connectivity index (χ3v) is 2.16. The minimum atomic E-state index is -0.322. The molecule has 0 saturated heterocycles. The van der Waals surface area contributed by atoms with Crippen LogP contribution in [0.1, 0.15) is 20.8 Å². The molecule has 20 heavy (non-hydrogen) atoms. The van der Waals surface area contributed by atoms with Gasteiger partial charge in [0.2, 0.25) is 5.91 Å². The topological polar surface area (TPSA) is 73.6 Å². The number of ether oxygens (including phenoxy) is 2. The molecule has 0 heterocycles. The average molecular weight is 303 g/mol. The van der Waals surface area contributed by atoms with Crippen LogP contribution < -0.4 is 15.8 Å². The Balaban J connectivity index is 0.00000361. The number of anilines is 1. The standard InChI is InChI=1S/C14H22N2O3.ClH/c1-14(2,3)19-10-13(17)16-11-4-6-12(7-5-11)18-9-8-15;/h4-7H,8-10,15H2,1-3H3,(H,16,17);1H. The van der Waals surface area contributed by atoms with Gasteiger partial charge in [0.25, 0.3) is 0 Å². The number of hydrogen-bond acceptors (Lipinski definition) is 4. The fourth-order valence-electron chi connectivity index (χ4n) is 1.29. The Morgan fingerprint density at radius 3 is 2.35 bits per heavy atom. The SMILES string of the molecule is CC(C)(C)OCC(=O)Nc1ccc(OCCN)cc1.Cl. The molecule has 0 aromatic heterocycles. The number of carbonyl (C=O) groups is 1. The van der Waals surface area contributed by atoms with Gasteiger partial charge in [-0.2, -0.15) is 0 Å². The lowest BCUT2D eigenvalue weighted by Crippen LogP contribution is -2.27. The Hall–Kier alpha value is -1.30. The third kappa shape index (κ3) is 7.99. The monoisotopic (exact) mass is 302 g/mol. The van der Waals surface area contributed by atoms with Gasteiger partial charge in [0.15, 0.2) is 0 Å². The molecular weight excluding hydrogens is 280 g/mol. The van der Waals surface area contributed by atoms with Crippen LogP contribution in [0, 0.1) is 0 Å². The third-order valence-electron chi connectivity index (χ3n) is 2.16. The van der Waals surface area contributed by atoms with Crippen LogP contribution in [0.25, 0.3) is 0 Å². The Kier molecular flexibility index (Phi) is 8.22. The molecule has 3 N–H and O–H groups in total. The smallest absolute Gasteiger partial charge is 0.250 e. The number of halogens is 1. The molecule has 0 bridgehead atoms. The van der Waals surface area contributed by atoms with Crippen molar-refractivity contribution in [2.45, 2.75) is 26.4 Å². The van der Waals surface area contributed by atoms with E-state index in [1.54, 1.807) is 24.3 Å². The maximum atomic E-state index is 11.6. The highest BCUT2D eigenvalue weighted by molar-refractivity contribution is 5.91. The largest absolute Gasteiger partial charge is 0.492 e. The van der Waals surface area contributed by atoms with E-state index in [1.165, 1.54) is 0 Å². The van der Waals surface area contributed by atoms with E-state index in [2.05, 4.69) is 5.32 Å². The van der Waals surface area contributed by atoms with Gasteiger partial charge in [0.05, 0.1) is 5.60 Å². The van der Waals surface area contributed by atoms with Crippen molar-refractivity contribution in [3.8, 4) is 5.75 Å². The lowest BCUT2D eigenvalue weighted by Gasteiger charge is -2.19. The van der Waals surface area contributed by atoms with Crippen molar-refractivity contribution in [1.82, 2.24) is 0 Å². The molecule has 0 aliphatic rings. The van der Waals surface area contributed by atoms with E-state index in [1.807, 2.05) is 20.8 Å². The highest BCUT2D eigenvalue weighted by Crippen LogP contribution is 2.15. The molecule has 1 aromatic carbocycles. The van der Waals surface area contributed by atoms with Gasteiger partial charge < -0.3 is 20.5 Å². The number of carbonyl (C=O) groups excluding carboxylic acids is 1. The van der Waals surface area contributed by atoms with Gasteiger partial charge in [-0.1, -0.05) is 0 Å². The van der Waals surface area contributed by atoms with Gasteiger partial charge in [-0.15, -0.1) is 12.4 Å². The number of hydrogen-bond donors (Lipinski definition) is 2. The highest BCUT2D eigenvalue weighted by Gasteiger charge is 2.12. The minimum Gasteiger partial charge on any atom is -0.492 e. The quantitative estimate of drug-likeness (QED) is 0.845. The molecule has 1 aromatic rings. The number of amides is 1. The summed E-state index contributed by atoms with van der Waals surface area (Å²) < 4.78 is 10.7. The van der Waals surface area contributed by atoms with Gasteiger partial charge in [-0.3, -0.25) is 4.79 Å². The first-order chi connectivity index (χ1) is 8.90. The molecule has 114 valence electrons. The summed E-state index contributed by atoms with van der Waals surface area (Å²) >= 11 is 0. The van der Waals surface area contributed by atoms with Crippen LogP contribution in [0.5, 0.6) is 5.75 Å². The van der Waals surface area contributed by atoms with E-state index >= 15 is 0 Å². The molecular formula is C14H23ClN2O3. The first-order valence-electron chi connectivity index (χ1n) is 6.27. The second-order valence-electron chi connectivity index (χ2n) is 5.11. The van der Waals surface area contributed by atoms with Gasteiger partial charge >= 0.3 is 0 Å². The van der Waals surface area contributed by atoms with E-state index < -0.39 is 0 Å². The Morgan fingerprint density at radius 2 is 1.85 bits per heavy atom. The van der Waals surface area contributed by atoms with E-state index in [4.69, 9.17) is 15.2 Å². The Bertz CT molecular complexity index is 402. The van der Waals surface area contributed by atoms with Crippen LogP contribution in [0.3, 0.4) is 0 Å². The highest BCUT2D eigenvalue weighted by atomic mass is 35.5. The first kappa shape index (κ1) is 18.7. The zero-order valence-corrected chi connectivity index (χ0v) is 13.0. The molecule has 1 amide bonds. The fraction of sp³-hybridized carbons (Fsp3) is 0.500. The maximum absolute atomic E-state index is 11.6. The number of nitrogens with one attached hydrogen (secondary N) is 1. The van der Waals surface area contributed by atoms with Gasteiger partial charge in [-0.25, -0.2) is 0 Å². The summed E-state index contributed by atoms with van der Waals surface area (Å²) in [5.41, 5.74) is 5.73. The number of rotatable bonds is 6. The molecule has 5 nitrogen and oxygen atoms in total. The van der Waals surface area contributed by atoms with Crippen molar-refractivity contribution < 1.29 is 14.3 Å². The maximum Gasteiger partial charge on any atom is 0.250 e. The molecule has 0 saturated carbocycles. The van der Waals surface area contributed by atoms with Crippen molar-refractivity contribution in [2.75, 3.05) is 25.1 Å². The van der Waals surface area contributed by atoms with Crippen molar-refractivity contribution in [2.24, 2.45) is 5.73 Å². The molecule has 0 spiro atoms. The van der Waals surface area contributed by atoms with Crippen LogP contribution in [-0.2, 0) is 9.53 Å². The zero-order valence-electron chi connectivity index (χ0n) is 12.1. The minimum absolute atomic E-state index is 0. The predicted molar refractivity (Wildman–Crippen MR) is 82.6 cm³/mol. The zero-order chi connectivity index (χ0) is 14.3. The van der Waals surface area contributed by atoms with Crippen molar-refractivity contribution in [3.63, 3.8) is 0 Å². The number of nitrogens with two attached hydrogens (primary N) is 1. The lowest BCUT2D eigenvalue weighted by atomic mass is 10.2. The van der Waals surface area contributed by atoms with Crippen LogP contribution >= 0.6 is 12.4 Å². The van der Waals surface area contributed by atoms with Crippen molar-refractivity contribution >= 4 is 24.0 Å². The van der Waals surface area contributed by atoms with Crippen LogP contribution in [0.15, 0.2) is 24.3 Å². The van der Waals surface area contributed by atoms with Crippen LogP contribution in [0.4, 0.5) is 5.69 Å². The molecule has 0 fully saturated rings. The molecule has 0 aliphatic carbocycles. The van der Waals surface area contributed by atoms with Crippen molar-refractivity contribution in [3.05, 3.63) is 24.3 Å². The Labute approximate surface area is 126 Å². The molecule has 0 radical (unpaired) electrons. The molecule has 6 heteroatoms. The molecule has 0 atom stereocenters. The normalized spacial score (nSPS) is 10.6. The van der Waals surface area contributed by atoms with Crippen LogP contribution in [0.2, 0.25) is 0 Å². The Morgan fingerprint density at radius 1 is 1.25 bits per heavy atom. The summed E-state index contributed by atoms with van der Waals surface area (Å²) in [5.74, 6) is 0.556. The summed E-state index contributed by atoms with van der Waals surface area (Å²) in [6, 6.07) is 7.13. The summed E-state index contributed by atoms with van der Waals surface area (Å²) in [5, 5.41) is 2.75. The average Bonchev–Trinajstić information content (AvgIpc) is 2.35. The predicted octanol–water partition coefficient (Wildman–Crippen LogP) is 2.20. The molecule has 0 unspecified atom stereocenters. The molecule has 1 rings (SSSR count). The van der Waals surface area contributed by atoms with E-state index in [0.29, 0.717) is 18.8 Å². The van der Waals surface area contributed by atoms with E-state index in [9.17, 15) is 4.79 Å². The summed E-state index contributed by atoms with van der Waals surface area (Å²) in [6.07, 6.45) is 0.